The summed E-state index contributed by atoms with van der Waals surface area (Å²) in [6, 6.07) is 43.8. The summed E-state index contributed by atoms with van der Waals surface area (Å²) < 4.78 is 4.97. The molecular formula is C47H50N6. The molecule has 0 amide bonds. The van der Waals surface area contributed by atoms with E-state index in [1.165, 1.54) is 54.7 Å². The predicted octanol–water partition coefficient (Wildman–Crippen LogP) is 9.84. The van der Waals surface area contributed by atoms with Gasteiger partial charge in [0.15, 0.2) is 0 Å². The first-order valence-corrected chi connectivity index (χ1v) is 19.4. The Hall–Kier alpha value is -5.30. The Kier molecular flexibility index (Phi) is 10.6. The smallest absolute Gasteiger partial charge is 0.0707 e. The number of aromatic nitrogens is 4. The third-order valence-electron chi connectivity index (χ3n) is 10.6. The largest absolute Gasteiger partial charge is 0.339 e. The fourth-order valence-corrected chi connectivity index (χ4v) is 8.26. The normalized spacial score (nSPS) is 11.8. The van der Waals surface area contributed by atoms with E-state index in [1.807, 2.05) is 0 Å². The Bertz CT molecular complexity index is 2290. The zero-order valence-electron chi connectivity index (χ0n) is 31.1. The second-order valence-corrected chi connectivity index (χ2v) is 14.4. The van der Waals surface area contributed by atoms with E-state index in [2.05, 4.69) is 155 Å². The van der Waals surface area contributed by atoms with Gasteiger partial charge in [-0.3, -0.25) is 9.97 Å². The van der Waals surface area contributed by atoms with E-state index in [-0.39, 0.29) is 0 Å². The van der Waals surface area contributed by atoms with Crippen molar-refractivity contribution in [3.05, 3.63) is 155 Å². The molecule has 0 unspecified atom stereocenters. The molecule has 2 N–H and O–H groups in total. The molecule has 268 valence electrons. The summed E-state index contributed by atoms with van der Waals surface area (Å²) in [6.45, 7) is 9.66. The Morgan fingerprint density at radius 3 is 1.34 bits per heavy atom. The molecule has 0 aliphatic carbocycles. The number of pyridine rings is 2. The number of nitrogens with one attached hydrogen (secondary N) is 2. The van der Waals surface area contributed by atoms with Crippen LogP contribution in [0, 0.1) is 13.8 Å². The monoisotopic (exact) mass is 698 g/mol. The quantitative estimate of drug-likeness (QED) is 0.0987. The van der Waals surface area contributed by atoms with Crippen LogP contribution in [0.5, 0.6) is 0 Å². The highest BCUT2D eigenvalue weighted by molar-refractivity contribution is 6.09. The second-order valence-electron chi connectivity index (χ2n) is 14.4. The maximum Gasteiger partial charge on any atom is 0.0707 e. The van der Waals surface area contributed by atoms with Gasteiger partial charge in [-0.2, -0.15) is 0 Å². The minimum Gasteiger partial charge on any atom is -0.339 e. The van der Waals surface area contributed by atoms with Crippen molar-refractivity contribution in [2.75, 3.05) is 13.1 Å². The summed E-state index contributed by atoms with van der Waals surface area (Å²) in [5, 5.41) is 12.5. The number of para-hydroxylation sites is 2. The molecule has 0 saturated carbocycles. The van der Waals surface area contributed by atoms with Crippen molar-refractivity contribution in [1.29, 1.82) is 0 Å². The third-order valence-corrected chi connectivity index (χ3v) is 10.6. The van der Waals surface area contributed by atoms with Crippen molar-refractivity contribution in [2.45, 2.75) is 72.1 Å². The van der Waals surface area contributed by atoms with Gasteiger partial charge in [-0.05, 0) is 94.4 Å². The van der Waals surface area contributed by atoms with Gasteiger partial charge in [-0.15, -0.1) is 0 Å². The lowest BCUT2D eigenvalue weighted by Gasteiger charge is -2.11. The topological polar surface area (TPSA) is 59.7 Å². The van der Waals surface area contributed by atoms with Crippen molar-refractivity contribution in [3.63, 3.8) is 0 Å². The molecular weight excluding hydrogens is 649 g/mol. The SMILES string of the molecule is Cc1nc(CNCCCNCc2cc3c4ccccc4n(CCCc4ccccc4)c3c(C)n2)cc2c3ccccc3n(CCCc3ccccc3)c12. The molecule has 53 heavy (non-hydrogen) atoms. The molecule has 0 fully saturated rings. The highest BCUT2D eigenvalue weighted by Gasteiger charge is 2.16. The van der Waals surface area contributed by atoms with Crippen LogP contribution in [0.1, 0.15) is 53.2 Å². The Morgan fingerprint density at radius 2 is 0.887 bits per heavy atom. The number of benzene rings is 4. The Balaban J connectivity index is 0.862. The molecule has 0 bridgehead atoms. The van der Waals surface area contributed by atoms with Gasteiger partial charge in [0.1, 0.15) is 0 Å². The maximum atomic E-state index is 5.07. The first-order chi connectivity index (χ1) is 26.1. The Morgan fingerprint density at radius 1 is 0.472 bits per heavy atom. The van der Waals surface area contributed by atoms with Crippen LogP contribution in [-0.4, -0.2) is 32.2 Å². The lowest BCUT2D eigenvalue weighted by atomic mass is 10.1. The van der Waals surface area contributed by atoms with Crippen LogP contribution in [0.4, 0.5) is 0 Å². The summed E-state index contributed by atoms with van der Waals surface area (Å²) in [5.41, 5.74) is 12.3. The molecule has 4 aromatic carbocycles. The maximum absolute atomic E-state index is 5.07. The van der Waals surface area contributed by atoms with Crippen molar-refractivity contribution in [1.82, 2.24) is 29.7 Å². The summed E-state index contributed by atoms with van der Waals surface area (Å²) in [7, 11) is 0. The fraction of sp³-hybridized carbons (Fsp3) is 0.277. The predicted molar refractivity (Wildman–Crippen MR) is 222 cm³/mol. The van der Waals surface area contributed by atoms with Crippen molar-refractivity contribution >= 4 is 43.6 Å². The highest BCUT2D eigenvalue weighted by Crippen LogP contribution is 2.33. The average Bonchev–Trinajstić information content (AvgIpc) is 3.68. The van der Waals surface area contributed by atoms with Crippen molar-refractivity contribution in [3.8, 4) is 0 Å². The lowest BCUT2D eigenvalue weighted by molar-refractivity contribution is 0.587. The number of aryl methyl sites for hydroxylation is 6. The van der Waals surface area contributed by atoms with Crippen LogP contribution < -0.4 is 10.6 Å². The molecule has 4 heterocycles. The summed E-state index contributed by atoms with van der Waals surface area (Å²) in [6.07, 6.45) is 5.37. The van der Waals surface area contributed by atoms with Gasteiger partial charge in [0.05, 0.1) is 33.8 Å². The van der Waals surface area contributed by atoms with E-state index in [4.69, 9.17) is 9.97 Å². The molecule has 4 aromatic heterocycles. The highest BCUT2D eigenvalue weighted by atomic mass is 15.0. The first kappa shape index (κ1) is 34.8. The van der Waals surface area contributed by atoms with Crippen LogP contribution in [0.2, 0.25) is 0 Å². The first-order valence-electron chi connectivity index (χ1n) is 19.4. The molecule has 0 saturated heterocycles. The zero-order valence-corrected chi connectivity index (χ0v) is 31.1. The molecule has 8 rings (SSSR count). The molecule has 0 aliphatic heterocycles. The van der Waals surface area contributed by atoms with Crippen LogP contribution in [-0.2, 0) is 39.0 Å². The summed E-state index contributed by atoms with van der Waals surface area (Å²) in [4.78, 5) is 10.1. The van der Waals surface area contributed by atoms with Gasteiger partial charge in [0, 0.05) is 58.8 Å². The van der Waals surface area contributed by atoms with Crippen molar-refractivity contribution in [2.24, 2.45) is 0 Å². The molecule has 0 radical (unpaired) electrons. The van der Waals surface area contributed by atoms with E-state index in [1.54, 1.807) is 0 Å². The summed E-state index contributed by atoms with van der Waals surface area (Å²) in [5.74, 6) is 0. The van der Waals surface area contributed by atoms with Crippen molar-refractivity contribution < 1.29 is 0 Å². The molecule has 8 aromatic rings. The third kappa shape index (κ3) is 7.61. The zero-order chi connectivity index (χ0) is 36.0. The molecule has 6 nitrogen and oxygen atoms in total. The number of hydrogen-bond acceptors (Lipinski definition) is 4. The van der Waals surface area contributed by atoms with E-state index in [0.29, 0.717) is 0 Å². The van der Waals surface area contributed by atoms with E-state index >= 15 is 0 Å². The molecule has 0 atom stereocenters. The minimum absolute atomic E-state index is 0.761. The molecule has 6 heteroatoms. The summed E-state index contributed by atoms with van der Waals surface area (Å²) >= 11 is 0. The van der Waals surface area contributed by atoms with Gasteiger partial charge in [-0.1, -0.05) is 97.1 Å². The van der Waals surface area contributed by atoms with E-state index in [9.17, 15) is 0 Å². The lowest BCUT2D eigenvalue weighted by Crippen LogP contribution is -2.22. The van der Waals surface area contributed by atoms with Gasteiger partial charge in [-0.25, -0.2) is 0 Å². The van der Waals surface area contributed by atoms with Crippen LogP contribution in [0.15, 0.2) is 121 Å². The van der Waals surface area contributed by atoms with E-state index < -0.39 is 0 Å². The van der Waals surface area contributed by atoms with Crippen LogP contribution in [0.3, 0.4) is 0 Å². The van der Waals surface area contributed by atoms with Gasteiger partial charge < -0.3 is 19.8 Å². The fourth-order valence-electron chi connectivity index (χ4n) is 8.26. The van der Waals surface area contributed by atoms with Gasteiger partial charge in [0.25, 0.3) is 0 Å². The van der Waals surface area contributed by atoms with Gasteiger partial charge >= 0.3 is 0 Å². The van der Waals surface area contributed by atoms with E-state index in [0.717, 1.165) is 94.1 Å². The standard InChI is InChI=1S/C47H50N6/c1-34-46-42(40-22-9-11-24-44(40)52(46)28-13-20-36-16-5-3-6-17-36)30-38(50-34)32-48-26-15-27-49-33-39-31-43-41-23-10-12-25-45(41)53(47(43)35(2)51-39)29-14-21-37-18-7-4-8-19-37/h3-12,16-19,22-25,30-31,48-49H,13-15,20-21,26-29,32-33H2,1-2H3. The number of hydrogen-bond donors (Lipinski definition) is 2. The average molecular weight is 699 g/mol. The number of fused-ring (bicyclic) bond motifs is 6. The van der Waals surface area contributed by atoms with Crippen LogP contribution in [0.25, 0.3) is 43.6 Å². The van der Waals surface area contributed by atoms with Gasteiger partial charge in [0.2, 0.25) is 0 Å². The number of rotatable bonds is 16. The second kappa shape index (κ2) is 16.2. The van der Waals surface area contributed by atoms with Crippen LogP contribution >= 0.6 is 0 Å². The molecule has 0 aliphatic rings. The molecule has 0 spiro atoms. The minimum atomic E-state index is 0.761. The Labute approximate surface area is 312 Å². The number of nitrogens with zero attached hydrogens (tertiary/aromatic N) is 4.